The van der Waals surface area contributed by atoms with Crippen LogP contribution in [0.4, 0.5) is 5.69 Å². The molecular formula is C33H39Cl2N3O4S. The number of aryl methyl sites for hydroxylation is 1. The van der Waals surface area contributed by atoms with Crippen LogP contribution in [0, 0.1) is 6.92 Å². The number of benzene rings is 3. The minimum atomic E-state index is -3.58. The second kappa shape index (κ2) is 15.1. The summed E-state index contributed by atoms with van der Waals surface area (Å²) in [6.45, 7) is 2.14. The fourth-order valence-electron chi connectivity index (χ4n) is 5.58. The van der Waals surface area contributed by atoms with Crippen molar-refractivity contribution in [3.05, 3.63) is 99.5 Å². The van der Waals surface area contributed by atoms with Gasteiger partial charge >= 0.3 is 0 Å². The van der Waals surface area contributed by atoms with E-state index in [4.69, 9.17) is 23.2 Å². The zero-order valence-corrected chi connectivity index (χ0v) is 27.0. The quantitative estimate of drug-likeness (QED) is 0.229. The van der Waals surface area contributed by atoms with E-state index < -0.39 is 16.1 Å². The van der Waals surface area contributed by atoms with Crippen LogP contribution in [0.2, 0.25) is 10.0 Å². The summed E-state index contributed by atoms with van der Waals surface area (Å²) < 4.78 is 26.8. The van der Waals surface area contributed by atoms with Gasteiger partial charge in [0.2, 0.25) is 21.8 Å². The Bertz CT molecular complexity index is 1510. The molecule has 1 aliphatic rings. The van der Waals surface area contributed by atoms with Crippen LogP contribution in [0.1, 0.15) is 55.2 Å². The van der Waals surface area contributed by atoms with E-state index in [-0.39, 0.29) is 43.8 Å². The fourth-order valence-corrected chi connectivity index (χ4v) is 6.93. The van der Waals surface area contributed by atoms with Crippen LogP contribution >= 0.6 is 23.2 Å². The number of amides is 2. The molecule has 1 fully saturated rings. The smallest absolute Gasteiger partial charge is 0.243 e. The highest BCUT2D eigenvalue weighted by atomic mass is 35.5. The third-order valence-corrected chi connectivity index (χ3v) is 9.76. The summed E-state index contributed by atoms with van der Waals surface area (Å²) in [6.07, 6.45) is 5.82. The van der Waals surface area contributed by atoms with E-state index in [1.807, 2.05) is 49.4 Å². The summed E-state index contributed by atoms with van der Waals surface area (Å²) in [6, 6.07) is 21.4. The largest absolute Gasteiger partial charge is 0.352 e. The van der Waals surface area contributed by atoms with Crippen LogP contribution in [0.3, 0.4) is 0 Å². The molecule has 0 radical (unpaired) electrons. The zero-order valence-electron chi connectivity index (χ0n) is 24.6. The summed E-state index contributed by atoms with van der Waals surface area (Å²) in [5.74, 6) is -0.436. The molecule has 3 aromatic rings. The highest BCUT2D eigenvalue weighted by Crippen LogP contribution is 2.26. The predicted octanol–water partition coefficient (Wildman–Crippen LogP) is 6.55. The first kappa shape index (κ1) is 32.8. The predicted molar refractivity (Wildman–Crippen MR) is 174 cm³/mol. The van der Waals surface area contributed by atoms with Gasteiger partial charge in [-0.25, -0.2) is 8.42 Å². The average Bonchev–Trinajstić information content (AvgIpc) is 3.48. The van der Waals surface area contributed by atoms with E-state index in [0.29, 0.717) is 22.2 Å². The van der Waals surface area contributed by atoms with Gasteiger partial charge in [0, 0.05) is 32.0 Å². The van der Waals surface area contributed by atoms with Gasteiger partial charge in [0.1, 0.15) is 6.04 Å². The molecule has 0 heterocycles. The number of hydrogen-bond donors (Lipinski definition) is 1. The average molecular weight is 645 g/mol. The van der Waals surface area contributed by atoms with Crippen molar-refractivity contribution >= 4 is 50.7 Å². The first-order chi connectivity index (χ1) is 20.5. The molecule has 0 unspecified atom stereocenters. The molecular weight excluding hydrogens is 605 g/mol. The maximum absolute atomic E-state index is 14.0. The van der Waals surface area contributed by atoms with E-state index in [9.17, 15) is 18.0 Å². The summed E-state index contributed by atoms with van der Waals surface area (Å²) in [4.78, 5) is 29.5. The maximum Gasteiger partial charge on any atom is 0.243 e. The second-order valence-electron chi connectivity index (χ2n) is 11.2. The lowest BCUT2D eigenvalue weighted by atomic mass is 10.0. The van der Waals surface area contributed by atoms with Crippen LogP contribution in [-0.2, 0) is 32.6 Å². The number of nitrogens with one attached hydrogen (secondary N) is 1. The number of carbonyl (C=O) groups is 2. The van der Waals surface area contributed by atoms with E-state index in [1.54, 1.807) is 35.2 Å². The molecule has 43 heavy (non-hydrogen) atoms. The molecule has 1 aliphatic carbocycles. The molecule has 0 aromatic heterocycles. The molecule has 10 heteroatoms. The van der Waals surface area contributed by atoms with Gasteiger partial charge in [-0.1, -0.05) is 90.6 Å². The number of rotatable bonds is 13. The SMILES string of the molecule is Cc1ccccc1N(CCCC(=O)N(Cc1ccc(Cl)c(Cl)c1)[C@@H](Cc1ccccc1)C(=O)NC1CCCC1)S(C)(=O)=O. The second-order valence-corrected chi connectivity index (χ2v) is 13.9. The highest BCUT2D eigenvalue weighted by molar-refractivity contribution is 7.92. The van der Waals surface area contributed by atoms with Crippen molar-refractivity contribution < 1.29 is 18.0 Å². The fraction of sp³-hybridized carbons (Fsp3) is 0.394. The van der Waals surface area contributed by atoms with Gasteiger partial charge in [-0.2, -0.15) is 0 Å². The summed E-state index contributed by atoms with van der Waals surface area (Å²) in [5.41, 5.74) is 3.09. The number of hydrogen-bond acceptors (Lipinski definition) is 4. The van der Waals surface area contributed by atoms with Crippen LogP contribution in [0.25, 0.3) is 0 Å². The van der Waals surface area contributed by atoms with Gasteiger partial charge in [0.05, 0.1) is 22.0 Å². The number of anilines is 1. The Kier molecular flexibility index (Phi) is 11.5. The third-order valence-electron chi connectivity index (χ3n) is 7.85. The minimum Gasteiger partial charge on any atom is -0.352 e. The van der Waals surface area contributed by atoms with Crippen molar-refractivity contribution in [1.29, 1.82) is 0 Å². The molecule has 1 atom stereocenters. The van der Waals surface area contributed by atoms with E-state index in [1.165, 1.54) is 10.6 Å². The Morgan fingerprint density at radius 1 is 0.930 bits per heavy atom. The number of sulfonamides is 1. The Morgan fingerprint density at radius 3 is 2.26 bits per heavy atom. The van der Waals surface area contributed by atoms with Crippen LogP contribution in [0.5, 0.6) is 0 Å². The number of halogens is 2. The van der Waals surface area contributed by atoms with Crippen molar-refractivity contribution in [1.82, 2.24) is 10.2 Å². The van der Waals surface area contributed by atoms with Crippen LogP contribution in [-0.4, -0.2) is 50.0 Å². The van der Waals surface area contributed by atoms with E-state index in [2.05, 4.69) is 5.32 Å². The van der Waals surface area contributed by atoms with Gasteiger partial charge in [0.25, 0.3) is 0 Å². The van der Waals surface area contributed by atoms with Crippen molar-refractivity contribution in [2.24, 2.45) is 0 Å². The lowest BCUT2D eigenvalue weighted by molar-refractivity contribution is -0.141. The third kappa shape index (κ3) is 9.21. The Morgan fingerprint density at radius 2 is 1.60 bits per heavy atom. The van der Waals surface area contributed by atoms with E-state index >= 15 is 0 Å². The van der Waals surface area contributed by atoms with Crippen molar-refractivity contribution in [2.45, 2.75) is 70.5 Å². The molecule has 0 saturated heterocycles. The zero-order chi connectivity index (χ0) is 31.0. The van der Waals surface area contributed by atoms with Gasteiger partial charge in [-0.3, -0.25) is 13.9 Å². The molecule has 1 N–H and O–H groups in total. The molecule has 4 rings (SSSR count). The molecule has 1 saturated carbocycles. The molecule has 0 bridgehead atoms. The first-order valence-electron chi connectivity index (χ1n) is 14.6. The van der Waals surface area contributed by atoms with Crippen molar-refractivity contribution in [3.8, 4) is 0 Å². The van der Waals surface area contributed by atoms with E-state index in [0.717, 1.165) is 42.4 Å². The summed E-state index contributed by atoms with van der Waals surface area (Å²) in [7, 11) is -3.58. The Labute approximate surface area is 265 Å². The normalized spacial score (nSPS) is 14.3. The Hall–Kier alpha value is -3.07. The molecule has 0 aliphatic heterocycles. The lowest BCUT2D eigenvalue weighted by Gasteiger charge is -2.33. The monoisotopic (exact) mass is 643 g/mol. The van der Waals surface area contributed by atoms with Crippen molar-refractivity contribution in [2.75, 3.05) is 17.1 Å². The van der Waals surface area contributed by atoms with Crippen molar-refractivity contribution in [3.63, 3.8) is 0 Å². The molecule has 7 nitrogen and oxygen atoms in total. The minimum absolute atomic E-state index is 0.0568. The van der Waals surface area contributed by atoms with Gasteiger partial charge in [-0.05, 0) is 61.1 Å². The number of carbonyl (C=O) groups excluding carboxylic acids is 2. The van der Waals surface area contributed by atoms with Gasteiger partial charge in [-0.15, -0.1) is 0 Å². The van der Waals surface area contributed by atoms with Crippen LogP contribution in [0.15, 0.2) is 72.8 Å². The summed E-state index contributed by atoms with van der Waals surface area (Å²) in [5, 5.41) is 3.96. The molecule has 2 amide bonds. The first-order valence-corrected chi connectivity index (χ1v) is 17.2. The Balaban J connectivity index is 1.61. The molecule has 230 valence electrons. The number of para-hydroxylation sites is 1. The van der Waals surface area contributed by atoms with Gasteiger partial charge in [0.15, 0.2) is 0 Å². The van der Waals surface area contributed by atoms with Crippen LogP contribution < -0.4 is 9.62 Å². The molecule has 3 aromatic carbocycles. The maximum atomic E-state index is 14.0. The van der Waals surface area contributed by atoms with Gasteiger partial charge < -0.3 is 10.2 Å². The number of nitrogens with zero attached hydrogens (tertiary/aromatic N) is 2. The summed E-state index contributed by atoms with van der Waals surface area (Å²) >= 11 is 12.5. The topological polar surface area (TPSA) is 86.8 Å². The lowest BCUT2D eigenvalue weighted by Crippen LogP contribution is -2.52. The molecule has 0 spiro atoms. The standard InChI is InChI=1S/C33H39Cl2N3O4S/c1-24-11-6-9-16-30(24)38(43(2,41)42)20-10-17-32(39)37(23-26-18-19-28(34)29(35)21-26)31(22-25-12-4-3-5-13-25)33(40)36-27-14-7-8-15-27/h3-6,9,11-13,16,18-19,21,27,31H,7-8,10,14-15,17,20,22-23H2,1-2H3,(H,36,40)/t31-/m0/s1. The highest BCUT2D eigenvalue weighted by Gasteiger charge is 2.32.